The second-order valence-electron chi connectivity index (χ2n) is 4.70. The molecule has 1 N–H and O–H groups in total. The smallest absolute Gasteiger partial charge is 0.300 e. The van der Waals surface area contributed by atoms with Crippen molar-refractivity contribution in [3.63, 3.8) is 0 Å². The lowest BCUT2D eigenvalue weighted by atomic mass is 9.95. The zero-order valence-electron chi connectivity index (χ0n) is 10.4. The van der Waals surface area contributed by atoms with Crippen LogP contribution in [-0.2, 0) is 0 Å². The van der Waals surface area contributed by atoms with Crippen molar-refractivity contribution in [3.05, 3.63) is 38.9 Å². The first kappa shape index (κ1) is 13.8. The number of para-hydroxylation sites is 1. The van der Waals surface area contributed by atoms with Crippen molar-refractivity contribution in [1.82, 2.24) is 5.32 Å². The minimum Gasteiger partial charge on any atom is -0.349 e. The van der Waals surface area contributed by atoms with Crippen LogP contribution in [0.4, 0.5) is 5.69 Å². The zero-order valence-corrected chi connectivity index (χ0v) is 11.2. The van der Waals surface area contributed by atoms with Gasteiger partial charge in [-0.2, -0.15) is 0 Å². The summed E-state index contributed by atoms with van der Waals surface area (Å²) in [4.78, 5) is 22.5. The fraction of sp³-hybridized carbons (Fsp3) is 0.462. The second-order valence-corrected chi connectivity index (χ2v) is 5.11. The van der Waals surface area contributed by atoms with E-state index in [9.17, 15) is 14.9 Å². The van der Waals surface area contributed by atoms with Crippen LogP contribution in [0.3, 0.4) is 0 Å². The normalized spacial score (nSPS) is 16.1. The highest BCUT2D eigenvalue weighted by molar-refractivity contribution is 6.33. The van der Waals surface area contributed by atoms with Crippen molar-refractivity contribution in [2.75, 3.05) is 0 Å². The molecule has 1 aliphatic rings. The Morgan fingerprint density at radius 2 is 2.00 bits per heavy atom. The number of nitro groups is 1. The molecular weight excluding hydrogens is 268 g/mol. The Bertz CT molecular complexity index is 499. The van der Waals surface area contributed by atoms with E-state index < -0.39 is 10.8 Å². The van der Waals surface area contributed by atoms with E-state index >= 15 is 0 Å². The summed E-state index contributed by atoms with van der Waals surface area (Å²) < 4.78 is 0. The van der Waals surface area contributed by atoms with E-state index in [1.165, 1.54) is 18.6 Å². The number of hydrogen-bond acceptors (Lipinski definition) is 3. The summed E-state index contributed by atoms with van der Waals surface area (Å²) in [6.07, 6.45) is 5.22. The first-order valence-electron chi connectivity index (χ1n) is 6.33. The summed E-state index contributed by atoms with van der Waals surface area (Å²) >= 11 is 5.79. The molecule has 0 radical (unpaired) electrons. The van der Waals surface area contributed by atoms with Crippen LogP contribution in [0.5, 0.6) is 0 Å². The molecule has 19 heavy (non-hydrogen) atoms. The van der Waals surface area contributed by atoms with Gasteiger partial charge in [-0.25, -0.2) is 0 Å². The van der Waals surface area contributed by atoms with E-state index in [0.717, 1.165) is 25.7 Å². The number of amides is 1. The first-order chi connectivity index (χ1) is 9.09. The lowest BCUT2D eigenvalue weighted by molar-refractivity contribution is -0.385. The van der Waals surface area contributed by atoms with E-state index in [1.807, 2.05) is 0 Å². The number of carbonyl (C=O) groups is 1. The van der Waals surface area contributed by atoms with E-state index in [0.29, 0.717) is 0 Å². The summed E-state index contributed by atoms with van der Waals surface area (Å²) in [6.45, 7) is 0. The lowest BCUT2D eigenvalue weighted by Crippen LogP contribution is -2.36. The van der Waals surface area contributed by atoms with Crippen LogP contribution in [0, 0.1) is 10.1 Å². The standard InChI is InChI=1S/C13H15ClN2O3/c14-11-8-4-7-10(12(11)16(18)19)13(17)15-9-5-2-1-3-6-9/h4,7-9H,1-3,5-6H2,(H,15,17). The Morgan fingerprint density at radius 3 is 2.63 bits per heavy atom. The maximum absolute atomic E-state index is 12.1. The van der Waals surface area contributed by atoms with Gasteiger partial charge in [0.05, 0.1) is 4.92 Å². The summed E-state index contributed by atoms with van der Waals surface area (Å²) in [6, 6.07) is 4.50. The van der Waals surface area contributed by atoms with Crippen LogP contribution < -0.4 is 5.32 Å². The third kappa shape index (κ3) is 3.23. The van der Waals surface area contributed by atoms with E-state index in [2.05, 4.69) is 5.32 Å². The Morgan fingerprint density at radius 1 is 1.32 bits per heavy atom. The number of nitrogens with zero attached hydrogens (tertiary/aromatic N) is 1. The molecule has 1 aliphatic carbocycles. The van der Waals surface area contributed by atoms with Crippen molar-refractivity contribution in [2.24, 2.45) is 0 Å². The van der Waals surface area contributed by atoms with Gasteiger partial charge < -0.3 is 5.32 Å². The molecule has 1 amide bonds. The van der Waals surface area contributed by atoms with Gasteiger partial charge in [0, 0.05) is 6.04 Å². The van der Waals surface area contributed by atoms with E-state index in [-0.39, 0.29) is 22.3 Å². The van der Waals surface area contributed by atoms with Crippen LogP contribution in [0.15, 0.2) is 18.2 Å². The largest absolute Gasteiger partial charge is 0.349 e. The number of hydrogen-bond donors (Lipinski definition) is 1. The molecular formula is C13H15ClN2O3. The average Bonchev–Trinajstić information content (AvgIpc) is 2.39. The summed E-state index contributed by atoms with van der Waals surface area (Å²) in [5, 5.41) is 13.8. The first-order valence-corrected chi connectivity index (χ1v) is 6.71. The summed E-state index contributed by atoms with van der Waals surface area (Å²) in [7, 11) is 0. The molecule has 0 unspecified atom stereocenters. The van der Waals surface area contributed by atoms with Gasteiger partial charge >= 0.3 is 5.69 Å². The monoisotopic (exact) mass is 282 g/mol. The predicted molar refractivity (Wildman–Crippen MR) is 72.4 cm³/mol. The molecule has 1 fully saturated rings. The SMILES string of the molecule is O=C(NC1CCCCC1)c1cccc(Cl)c1[N+](=O)[O-]. The molecule has 0 saturated heterocycles. The summed E-state index contributed by atoms with van der Waals surface area (Å²) in [5.74, 6) is -0.416. The number of halogens is 1. The molecule has 102 valence electrons. The molecule has 0 bridgehead atoms. The van der Waals surface area contributed by atoms with E-state index in [4.69, 9.17) is 11.6 Å². The summed E-state index contributed by atoms with van der Waals surface area (Å²) in [5.41, 5.74) is -0.291. The van der Waals surface area contributed by atoms with E-state index in [1.54, 1.807) is 6.07 Å². The minimum atomic E-state index is -0.613. The number of rotatable bonds is 3. The van der Waals surface area contributed by atoms with Gasteiger partial charge in [-0.3, -0.25) is 14.9 Å². The Kier molecular flexibility index (Phi) is 4.37. The van der Waals surface area contributed by atoms with Gasteiger partial charge in [-0.15, -0.1) is 0 Å². The number of nitro benzene ring substituents is 1. The maximum Gasteiger partial charge on any atom is 0.300 e. The van der Waals surface area contributed by atoms with Gasteiger partial charge in [-0.1, -0.05) is 36.9 Å². The molecule has 0 atom stereocenters. The number of benzene rings is 1. The predicted octanol–water partition coefficient (Wildman–Crippen LogP) is 3.31. The van der Waals surface area contributed by atoms with Gasteiger partial charge in [0.1, 0.15) is 10.6 Å². The van der Waals surface area contributed by atoms with Crippen LogP contribution >= 0.6 is 11.6 Å². The Labute approximate surface area is 116 Å². The fourth-order valence-corrected chi connectivity index (χ4v) is 2.64. The van der Waals surface area contributed by atoms with Crippen molar-refractivity contribution >= 4 is 23.2 Å². The second kappa shape index (κ2) is 6.02. The van der Waals surface area contributed by atoms with Crippen LogP contribution in [0.25, 0.3) is 0 Å². The Balaban J connectivity index is 2.18. The van der Waals surface area contributed by atoms with Crippen LogP contribution in [0.1, 0.15) is 42.5 Å². The highest BCUT2D eigenvalue weighted by Crippen LogP contribution is 2.28. The molecule has 0 spiro atoms. The topological polar surface area (TPSA) is 72.2 Å². The van der Waals surface area contributed by atoms with Gasteiger partial charge in [0.25, 0.3) is 5.91 Å². The maximum atomic E-state index is 12.1. The molecule has 0 aromatic heterocycles. The molecule has 6 heteroatoms. The highest BCUT2D eigenvalue weighted by atomic mass is 35.5. The van der Waals surface area contributed by atoms with Crippen LogP contribution in [-0.4, -0.2) is 16.9 Å². The number of nitrogens with one attached hydrogen (secondary N) is 1. The van der Waals surface area contributed by atoms with Gasteiger partial charge in [0.15, 0.2) is 0 Å². The van der Waals surface area contributed by atoms with Crippen LogP contribution in [0.2, 0.25) is 5.02 Å². The third-order valence-electron chi connectivity index (χ3n) is 3.35. The molecule has 5 nitrogen and oxygen atoms in total. The third-order valence-corrected chi connectivity index (χ3v) is 3.66. The zero-order chi connectivity index (χ0) is 13.8. The molecule has 1 aromatic carbocycles. The highest BCUT2D eigenvalue weighted by Gasteiger charge is 2.25. The quantitative estimate of drug-likeness (QED) is 0.683. The Hall–Kier alpha value is -1.62. The molecule has 1 aromatic rings. The fourth-order valence-electron chi connectivity index (χ4n) is 2.39. The van der Waals surface area contributed by atoms with Crippen molar-refractivity contribution in [2.45, 2.75) is 38.1 Å². The number of carbonyl (C=O) groups excluding carboxylic acids is 1. The van der Waals surface area contributed by atoms with Crippen molar-refractivity contribution < 1.29 is 9.72 Å². The van der Waals surface area contributed by atoms with Gasteiger partial charge in [-0.05, 0) is 25.0 Å². The minimum absolute atomic E-state index is 0.0127. The molecule has 0 heterocycles. The lowest BCUT2D eigenvalue weighted by Gasteiger charge is -2.22. The van der Waals surface area contributed by atoms with Crippen molar-refractivity contribution in [3.8, 4) is 0 Å². The van der Waals surface area contributed by atoms with Gasteiger partial charge in [0.2, 0.25) is 0 Å². The van der Waals surface area contributed by atoms with Crippen molar-refractivity contribution in [1.29, 1.82) is 0 Å². The molecule has 0 aliphatic heterocycles. The molecule has 1 saturated carbocycles. The average molecular weight is 283 g/mol. The molecule has 2 rings (SSSR count).